The van der Waals surface area contributed by atoms with Crippen molar-refractivity contribution in [3.8, 4) is 11.4 Å². The Kier molecular flexibility index (Phi) is 6.45. The lowest BCUT2D eigenvalue weighted by Gasteiger charge is -2.36. The molecule has 0 radical (unpaired) electrons. The summed E-state index contributed by atoms with van der Waals surface area (Å²) in [5, 5.41) is 0.996. The van der Waals surface area contributed by atoms with Crippen LogP contribution in [0.5, 0.6) is 0 Å². The molecule has 0 amide bonds. The van der Waals surface area contributed by atoms with Crippen LogP contribution >= 0.6 is 0 Å². The van der Waals surface area contributed by atoms with Crippen LogP contribution in [0.2, 0.25) is 0 Å². The van der Waals surface area contributed by atoms with Gasteiger partial charge < -0.3 is 14.0 Å². The fraction of sp³-hybridized carbons (Fsp3) is 0.433. The van der Waals surface area contributed by atoms with Gasteiger partial charge in [-0.2, -0.15) is 0 Å². The number of aromatic nitrogens is 2. The van der Waals surface area contributed by atoms with E-state index >= 15 is 0 Å². The van der Waals surface area contributed by atoms with Crippen LogP contribution in [0, 0.1) is 0 Å². The lowest BCUT2D eigenvalue weighted by molar-refractivity contribution is -0.171. The fourth-order valence-corrected chi connectivity index (χ4v) is 5.49. The van der Waals surface area contributed by atoms with Crippen molar-refractivity contribution >= 4 is 28.6 Å². The third-order valence-electron chi connectivity index (χ3n) is 7.23. The van der Waals surface area contributed by atoms with Gasteiger partial charge in [-0.05, 0) is 58.2 Å². The summed E-state index contributed by atoms with van der Waals surface area (Å²) in [6, 6.07) is 11.6. The molecule has 0 bridgehead atoms. The molecule has 0 spiro atoms. The highest BCUT2D eigenvalue weighted by Crippen LogP contribution is 2.41. The number of esters is 2. The third kappa shape index (κ3) is 4.52. The maximum absolute atomic E-state index is 13.7. The Bertz CT molecular complexity index is 1530. The van der Waals surface area contributed by atoms with Crippen molar-refractivity contribution in [2.75, 3.05) is 0 Å². The van der Waals surface area contributed by atoms with E-state index in [4.69, 9.17) is 14.5 Å². The van der Waals surface area contributed by atoms with Gasteiger partial charge in [-0.3, -0.25) is 19.2 Å². The van der Waals surface area contributed by atoms with Crippen LogP contribution in [0.3, 0.4) is 0 Å². The Morgan fingerprint density at radius 2 is 1.79 bits per heavy atom. The smallest absolute Gasteiger partial charge is 0.307 e. The Morgan fingerprint density at radius 3 is 2.53 bits per heavy atom. The number of Topliss-reactive ketones (excluding diaryl/α,β-unsaturated/α-hetero) is 1. The van der Waals surface area contributed by atoms with Crippen LogP contribution in [-0.4, -0.2) is 32.9 Å². The Labute approximate surface area is 221 Å². The topological polar surface area (TPSA) is 105 Å². The average Bonchev–Trinajstić information content (AvgIpc) is 3.21. The third-order valence-corrected chi connectivity index (χ3v) is 7.23. The van der Waals surface area contributed by atoms with Gasteiger partial charge in [-0.1, -0.05) is 25.1 Å². The molecule has 0 N–H and O–H groups in total. The summed E-state index contributed by atoms with van der Waals surface area (Å²) in [6.07, 6.45) is 0.904. The molecule has 0 saturated carbocycles. The second-order valence-electron chi connectivity index (χ2n) is 11.0. The van der Waals surface area contributed by atoms with Gasteiger partial charge in [0.05, 0.1) is 23.4 Å². The number of ether oxygens (including phenoxy) is 2. The van der Waals surface area contributed by atoms with Gasteiger partial charge in [0.2, 0.25) is 0 Å². The predicted octanol–water partition coefficient (Wildman–Crippen LogP) is 4.60. The van der Waals surface area contributed by atoms with Crippen LogP contribution in [0.15, 0.2) is 41.2 Å². The van der Waals surface area contributed by atoms with E-state index in [1.54, 1.807) is 32.3 Å². The first-order chi connectivity index (χ1) is 18.0. The summed E-state index contributed by atoms with van der Waals surface area (Å²) in [6.45, 7) is 7.54. The highest BCUT2D eigenvalue weighted by Gasteiger charge is 2.48. The SMILES string of the molecule is CC[C@@]1(OC(=O)CCCC(=O)OC(C)(C)C)C(=O)CCc2c1cc1n(c2=O)Cc2cc3ccccc3nc2-1. The van der Waals surface area contributed by atoms with Gasteiger partial charge in [0.25, 0.3) is 5.56 Å². The van der Waals surface area contributed by atoms with Crippen molar-refractivity contribution in [3.05, 3.63) is 63.4 Å². The standard InChI is InChI=1S/C30H32N2O6/c1-5-30(38-26(35)12-8-11-25(34)37-29(2,3)4)21-16-23-27-19(15-18-9-6-7-10-22(18)31-27)17-32(23)28(36)20(21)13-14-24(30)33/h6-7,9-10,15-16H,5,8,11-14,17H2,1-4H3/t30-/m0/s1. The first-order valence-electron chi connectivity index (χ1n) is 13.2. The summed E-state index contributed by atoms with van der Waals surface area (Å²) in [5.41, 5.74) is 1.74. The van der Waals surface area contributed by atoms with Crippen LogP contribution < -0.4 is 5.56 Å². The van der Waals surface area contributed by atoms with Gasteiger partial charge in [0.1, 0.15) is 5.60 Å². The summed E-state index contributed by atoms with van der Waals surface area (Å²) in [4.78, 5) is 56.8. The zero-order valence-electron chi connectivity index (χ0n) is 22.3. The van der Waals surface area contributed by atoms with E-state index in [0.717, 1.165) is 16.5 Å². The zero-order valence-corrected chi connectivity index (χ0v) is 22.3. The Hall–Kier alpha value is -3.81. The lowest BCUT2D eigenvalue weighted by Crippen LogP contribution is -2.46. The van der Waals surface area contributed by atoms with E-state index < -0.39 is 23.1 Å². The first-order valence-corrected chi connectivity index (χ1v) is 13.2. The number of fused-ring (bicyclic) bond motifs is 5. The van der Waals surface area contributed by atoms with Crippen LogP contribution in [0.4, 0.5) is 0 Å². The average molecular weight is 517 g/mol. The van der Waals surface area contributed by atoms with Crippen LogP contribution in [0.1, 0.15) is 76.5 Å². The zero-order chi connectivity index (χ0) is 27.2. The van der Waals surface area contributed by atoms with E-state index in [9.17, 15) is 19.2 Å². The summed E-state index contributed by atoms with van der Waals surface area (Å²) < 4.78 is 12.9. The normalized spacial score (nSPS) is 18.1. The number of rotatable bonds is 6. The molecule has 8 nitrogen and oxygen atoms in total. The van der Waals surface area contributed by atoms with Gasteiger partial charge >= 0.3 is 11.9 Å². The first kappa shape index (κ1) is 25.8. The van der Waals surface area contributed by atoms with Crippen molar-refractivity contribution < 1.29 is 23.9 Å². The molecular formula is C30H32N2O6. The van der Waals surface area contributed by atoms with Crippen LogP contribution in [-0.2, 0) is 42.4 Å². The lowest BCUT2D eigenvalue weighted by atomic mass is 9.76. The van der Waals surface area contributed by atoms with Crippen molar-refractivity contribution in [2.24, 2.45) is 0 Å². The van der Waals surface area contributed by atoms with E-state index in [-0.39, 0.29) is 43.4 Å². The molecule has 0 fully saturated rings. The minimum Gasteiger partial charge on any atom is -0.460 e. The number of carbonyl (C=O) groups is 3. The summed E-state index contributed by atoms with van der Waals surface area (Å²) in [5.74, 6) is -1.19. The quantitative estimate of drug-likeness (QED) is 0.345. The van der Waals surface area contributed by atoms with Crippen molar-refractivity contribution in [1.29, 1.82) is 0 Å². The molecule has 3 aromatic rings. The molecule has 1 atom stereocenters. The maximum Gasteiger partial charge on any atom is 0.307 e. The fourth-order valence-electron chi connectivity index (χ4n) is 5.49. The van der Waals surface area contributed by atoms with E-state index in [0.29, 0.717) is 35.5 Å². The molecule has 1 aliphatic heterocycles. The molecule has 1 aromatic carbocycles. The highest BCUT2D eigenvalue weighted by molar-refractivity contribution is 5.93. The molecular weight excluding hydrogens is 484 g/mol. The van der Waals surface area contributed by atoms with E-state index in [1.807, 2.05) is 36.4 Å². The Morgan fingerprint density at radius 1 is 1.05 bits per heavy atom. The summed E-state index contributed by atoms with van der Waals surface area (Å²) >= 11 is 0. The molecule has 2 aromatic heterocycles. The Balaban J connectivity index is 1.47. The number of hydrogen-bond donors (Lipinski definition) is 0. The number of carbonyl (C=O) groups excluding carboxylic acids is 3. The van der Waals surface area contributed by atoms with E-state index in [1.165, 1.54) is 0 Å². The molecule has 198 valence electrons. The van der Waals surface area contributed by atoms with Crippen molar-refractivity contribution in [2.45, 2.75) is 84.0 Å². The minimum atomic E-state index is -1.54. The van der Waals surface area contributed by atoms with Gasteiger partial charge in [-0.25, -0.2) is 4.98 Å². The predicted molar refractivity (Wildman–Crippen MR) is 142 cm³/mol. The summed E-state index contributed by atoms with van der Waals surface area (Å²) in [7, 11) is 0. The monoisotopic (exact) mass is 516 g/mol. The number of para-hydroxylation sites is 1. The number of pyridine rings is 2. The van der Waals surface area contributed by atoms with Gasteiger partial charge in [0, 0.05) is 41.3 Å². The number of hydrogen-bond acceptors (Lipinski definition) is 7. The highest BCUT2D eigenvalue weighted by atomic mass is 16.6. The number of ketones is 1. The molecule has 38 heavy (non-hydrogen) atoms. The second-order valence-corrected chi connectivity index (χ2v) is 11.0. The molecule has 0 saturated heterocycles. The maximum atomic E-state index is 13.7. The number of benzene rings is 1. The van der Waals surface area contributed by atoms with Crippen LogP contribution in [0.25, 0.3) is 22.3 Å². The van der Waals surface area contributed by atoms with Gasteiger partial charge in [-0.15, -0.1) is 0 Å². The molecule has 0 unspecified atom stereocenters. The second kappa shape index (κ2) is 9.49. The minimum absolute atomic E-state index is 0.0378. The van der Waals surface area contributed by atoms with Gasteiger partial charge in [0.15, 0.2) is 11.4 Å². The van der Waals surface area contributed by atoms with Crippen molar-refractivity contribution in [1.82, 2.24) is 9.55 Å². The molecule has 8 heteroatoms. The molecule has 3 heterocycles. The molecule has 5 rings (SSSR count). The van der Waals surface area contributed by atoms with E-state index in [2.05, 4.69) is 0 Å². The molecule has 2 aliphatic rings. The van der Waals surface area contributed by atoms with Crippen molar-refractivity contribution in [3.63, 3.8) is 0 Å². The molecule has 1 aliphatic carbocycles. The largest absolute Gasteiger partial charge is 0.460 e. The number of nitrogens with zero attached hydrogens (tertiary/aromatic N) is 2.